The Balaban J connectivity index is 4.86. The Kier molecular flexibility index (Phi) is 15.6. The smallest absolute Gasteiger partial charge is 0.349 e. The molecular weight excluding hydrogens is 504 g/mol. The summed E-state index contributed by atoms with van der Waals surface area (Å²) >= 11 is 0. The van der Waals surface area contributed by atoms with Crippen molar-refractivity contribution in [3.63, 3.8) is 0 Å². The van der Waals surface area contributed by atoms with Crippen molar-refractivity contribution in [2.24, 2.45) is 0 Å². The molecule has 0 radical (unpaired) electrons. The van der Waals surface area contributed by atoms with Crippen molar-refractivity contribution in [3.05, 3.63) is 0 Å². The lowest BCUT2D eigenvalue weighted by atomic mass is 9.95. The molecule has 0 aliphatic rings. The van der Waals surface area contributed by atoms with Gasteiger partial charge in [0.25, 0.3) is 10.1 Å². The van der Waals surface area contributed by atoms with Crippen molar-refractivity contribution >= 4 is 40.0 Å². The summed E-state index contributed by atoms with van der Waals surface area (Å²) in [7, 11) is -5.33. The second kappa shape index (κ2) is 16.8. The minimum atomic E-state index is -5.33. The fourth-order valence-electron chi connectivity index (χ4n) is 3.37. The second-order valence-corrected chi connectivity index (χ2v) is 10.1. The van der Waals surface area contributed by atoms with Crippen LogP contribution in [0.25, 0.3) is 0 Å². The van der Waals surface area contributed by atoms with Crippen LogP contribution in [0, 0.1) is 0 Å². The Bertz CT molecular complexity index is 834. The lowest BCUT2D eigenvalue weighted by Gasteiger charge is -2.27. The average Bonchev–Trinajstić information content (AvgIpc) is 2.73. The first-order chi connectivity index (χ1) is 16.7. The number of carboxylic acids is 3. The highest BCUT2D eigenvalue weighted by molar-refractivity contribution is 7.87. The van der Waals surface area contributed by atoms with Crippen LogP contribution in [0.3, 0.4) is 0 Å². The van der Waals surface area contributed by atoms with E-state index in [4.69, 9.17) is 14.9 Å². The fraction of sp³-hybridized carbons (Fsp3) is 0.773. The van der Waals surface area contributed by atoms with Crippen LogP contribution < -0.4 is 0 Å². The molecule has 0 heterocycles. The zero-order valence-corrected chi connectivity index (χ0v) is 21.2. The molecule has 0 aromatic heterocycles. The van der Waals surface area contributed by atoms with Crippen LogP contribution in [0.15, 0.2) is 0 Å². The van der Waals surface area contributed by atoms with Crippen LogP contribution in [0.2, 0.25) is 0 Å². The Morgan fingerprint density at radius 1 is 0.778 bits per heavy atom. The summed E-state index contributed by atoms with van der Waals surface area (Å²) in [6.45, 7) is 2.07. The summed E-state index contributed by atoms with van der Waals surface area (Å²) in [6, 6.07) is 0. The highest BCUT2D eigenvalue weighted by Crippen LogP contribution is 2.25. The minimum absolute atomic E-state index is 0.0837. The molecule has 0 aliphatic carbocycles. The van der Waals surface area contributed by atoms with E-state index in [0.29, 0.717) is 6.42 Å². The van der Waals surface area contributed by atoms with E-state index in [0.717, 1.165) is 32.1 Å². The van der Waals surface area contributed by atoms with E-state index in [1.165, 1.54) is 25.7 Å². The van der Waals surface area contributed by atoms with E-state index in [1.54, 1.807) is 0 Å². The third kappa shape index (κ3) is 14.0. The Labute approximate surface area is 209 Å². The molecule has 4 N–H and O–H groups in total. The number of aliphatic carboxylic acids is 3. The molecular formula is C22H36O13S. The summed E-state index contributed by atoms with van der Waals surface area (Å²) in [5.41, 5.74) is -3.17. The first-order valence-corrected chi connectivity index (χ1v) is 13.3. The van der Waals surface area contributed by atoms with Crippen LogP contribution in [-0.4, -0.2) is 75.6 Å². The van der Waals surface area contributed by atoms with Gasteiger partial charge in [-0.25, -0.2) is 4.79 Å². The molecule has 1 atom stereocenters. The molecule has 1 unspecified atom stereocenters. The third-order valence-corrected chi connectivity index (χ3v) is 6.37. The Morgan fingerprint density at radius 2 is 1.22 bits per heavy atom. The van der Waals surface area contributed by atoms with Gasteiger partial charge in [-0.15, -0.1) is 0 Å². The van der Waals surface area contributed by atoms with Gasteiger partial charge in [0.2, 0.25) is 5.60 Å². The van der Waals surface area contributed by atoms with Gasteiger partial charge in [0.15, 0.2) is 5.25 Å². The van der Waals surface area contributed by atoms with Crippen LogP contribution in [0.1, 0.15) is 90.4 Å². The largest absolute Gasteiger partial charge is 0.481 e. The number of unbranched alkanes of at least 4 members (excludes halogenated alkanes) is 9. The summed E-state index contributed by atoms with van der Waals surface area (Å²) < 4.78 is 42.0. The van der Waals surface area contributed by atoms with Crippen LogP contribution >= 0.6 is 0 Å². The number of hydrogen-bond acceptors (Lipinski definition) is 9. The molecule has 0 saturated carbocycles. The van der Waals surface area contributed by atoms with Gasteiger partial charge in [-0.05, 0) is 6.42 Å². The number of carboxylic acid groups (broad SMARTS) is 3. The third-order valence-electron chi connectivity index (χ3n) is 5.29. The van der Waals surface area contributed by atoms with Crippen molar-refractivity contribution in [1.29, 1.82) is 0 Å². The van der Waals surface area contributed by atoms with Gasteiger partial charge in [0, 0.05) is 0 Å². The van der Waals surface area contributed by atoms with Crippen molar-refractivity contribution in [1.82, 2.24) is 0 Å². The molecule has 0 aromatic rings. The van der Waals surface area contributed by atoms with Crippen molar-refractivity contribution in [2.75, 3.05) is 6.61 Å². The molecule has 0 spiro atoms. The number of hydrogen-bond donors (Lipinski definition) is 4. The first-order valence-electron chi connectivity index (χ1n) is 11.8. The van der Waals surface area contributed by atoms with E-state index in [1.807, 2.05) is 0 Å². The van der Waals surface area contributed by atoms with Crippen LogP contribution in [-0.2, 0) is 43.6 Å². The van der Waals surface area contributed by atoms with Gasteiger partial charge in [0.1, 0.15) is 0 Å². The molecule has 0 rings (SSSR count). The summed E-state index contributed by atoms with van der Waals surface area (Å²) in [6.07, 6.45) is 5.98. The van der Waals surface area contributed by atoms with E-state index in [9.17, 15) is 42.0 Å². The summed E-state index contributed by atoms with van der Waals surface area (Å²) in [5, 5.41) is 24.5. The number of carbonyl (C=O) groups excluding carboxylic acids is 2. The molecule has 0 bridgehead atoms. The first kappa shape index (κ1) is 33.3. The highest BCUT2D eigenvalue weighted by Gasteiger charge is 2.50. The zero-order chi connectivity index (χ0) is 27.8. The normalized spacial score (nSPS) is 12.5. The summed E-state index contributed by atoms with van der Waals surface area (Å²) in [4.78, 5) is 57.9. The van der Waals surface area contributed by atoms with Crippen molar-refractivity contribution in [2.45, 2.75) is 101 Å². The standard InChI is InChI=1S/C22H36O13S/c1-2-3-4-5-6-7-8-9-10-11-12-34-19(27)13-16(36(31,32)33)20(28)35-22(21(29)30,14-17(23)24)15-18(25)26/h16H,2-15H2,1H3,(H,23,24)(H,25,26)(H,29,30)(H,31,32,33). The number of rotatable bonds is 21. The number of esters is 2. The van der Waals surface area contributed by atoms with Crippen LogP contribution in [0.5, 0.6) is 0 Å². The quantitative estimate of drug-likeness (QED) is 0.0934. The average molecular weight is 541 g/mol. The fourth-order valence-corrected chi connectivity index (χ4v) is 4.01. The minimum Gasteiger partial charge on any atom is -0.481 e. The maximum atomic E-state index is 12.3. The maximum absolute atomic E-state index is 12.3. The monoisotopic (exact) mass is 540 g/mol. The van der Waals surface area contributed by atoms with Crippen molar-refractivity contribution in [3.8, 4) is 0 Å². The Morgan fingerprint density at radius 3 is 1.61 bits per heavy atom. The number of carbonyl (C=O) groups is 5. The van der Waals surface area contributed by atoms with Gasteiger partial charge in [-0.1, -0.05) is 64.7 Å². The zero-order valence-electron chi connectivity index (χ0n) is 20.3. The molecule has 36 heavy (non-hydrogen) atoms. The number of ether oxygens (including phenoxy) is 2. The molecule has 0 aliphatic heterocycles. The maximum Gasteiger partial charge on any atom is 0.349 e. The van der Waals surface area contributed by atoms with E-state index >= 15 is 0 Å². The molecule has 0 saturated heterocycles. The van der Waals surface area contributed by atoms with Crippen LogP contribution in [0.4, 0.5) is 0 Å². The molecule has 0 fully saturated rings. The summed E-state index contributed by atoms with van der Waals surface area (Å²) in [5.74, 6) is -9.09. The molecule has 0 amide bonds. The highest BCUT2D eigenvalue weighted by atomic mass is 32.2. The molecule has 0 aromatic carbocycles. The molecule has 14 heteroatoms. The topological polar surface area (TPSA) is 219 Å². The van der Waals surface area contributed by atoms with Gasteiger partial charge in [-0.2, -0.15) is 8.42 Å². The van der Waals surface area contributed by atoms with E-state index < -0.39 is 70.1 Å². The van der Waals surface area contributed by atoms with Gasteiger partial charge in [0.05, 0.1) is 25.9 Å². The predicted octanol–water partition coefficient (Wildman–Crippen LogP) is 2.41. The predicted molar refractivity (Wildman–Crippen MR) is 124 cm³/mol. The SMILES string of the molecule is CCCCCCCCCCCCOC(=O)CC(C(=O)OC(CC(=O)O)(CC(=O)O)C(=O)O)S(=O)(=O)O. The Hall–Kier alpha value is -2.74. The molecule has 13 nitrogen and oxygen atoms in total. The molecule has 208 valence electrons. The lowest BCUT2D eigenvalue weighted by molar-refractivity contribution is -0.186. The van der Waals surface area contributed by atoms with E-state index in [2.05, 4.69) is 11.7 Å². The van der Waals surface area contributed by atoms with E-state index in [-0.39, 0.29) is 6.61 Å². The van der Waals surface area contributed by atoms with Gasteiger partial charge < -0.3 is 24.8 Å². The second-order valence-electron chi connectivity index (χ2n) is 8.47. The van der Waals surface area contributed by atoms with Gasteiger partial charge >= 0.3 is 29.8 Å². The van der Waals surface area contributed by atoms with Gasteiger partial charge in [-0.3, -0.25) is 23.7 Å². The lowest BCUT2D eigenvalue weighted by Crippen LogP contribution is -2.50. The van der Waals surface area contributed by atoms with Crippen molar-refractivity contribution < 1.29 is 61.7 Å².